The maximum Gasteiger partial charge on any atom is 0.404 e. The number of anilines is 1. The highest BCUT2D eigenvalue weighted by molar-refractivity contribution is 9.10. The van der Waals surface area contributed by atoms with Gasteiger partial charge in [-0.2, -0.15) is 0 Å². The van der Waals surface area contributed by atoms with Crippen LogP contribution in [0.25, 0.3) is 0 Å². The van der Waals surface area contributed by atoms with Gasteiger partial charge in [-0.1, -0.05) is 15.9 Å². The van der Waals surface area contributed by atoms with Crippen LogP contribution < -0.4 is 10.2 Å². The van der Waals surface area contributed by atoms with Crippen molar-refractivity contribution in [1.29, 1.82) is 0 Å². The summed E-state index contributed by atoms with van der Waals surface area (Å²) in [5.74, 6) is -0.291. The number of carboxylic acid groups (broad SMARTS) is 1. The van der Waals surface area contributed by atoms with Crippen molar-refractivity contribution < 1.29 is 14.3 Å². The molecule has 0 spiro atoms. The second-order valence-corrected chi connectivity index (χ2v) is 5.25. The van der Waals surface area contributed by atoms with Crippen molar-refractivity contribution in [2.75, 3.05) is 18.0 Å². The molecule has 4 nitrogen and oxygen atoms in total. The molecule has 1 atom stereocenters. The highest BCUT2D eigenvalue weighted by Crippen LogP contribution is 2.25. The minimum absolute atomic E-state index is 0.140. The van der Waals surface area contributed by atoms with Crippen LogP contribution in [0.4, 0.5) is 14.9 Å². The van der Waals surface area contributed by atoms with E-state index in [0.29, 0.717) is 16.7 Å². The maximum atomic E-state index is 13.8. The number of halogens is 2. The number of hydrogen-bond acceptors (Lipinski definition) is 2. The first kappa shape index (κ1) is 13.1. The van der Waals surface area contributed by atoms with Crippen LogP contribution in [0.1, 0.15) is 12.8 Å². The monoisotopic (exact) mass is 316 g/mol. The fourth-order valence-corrected chi connectivity index (χ4v) is 2.56. The van der Waals surface area contributed by atoms with Gasteiger partial charge in [-0.15, -0.1) is 0 Å². The second kappa shape index (κ2) is 5.56. The summed E-state index contributed by atoms with van der Waals surface area (Å²) in [7, 11) is 0. The van der Waals surface area contributed by atoms with Gasteiger partial charge in [0.25, 0.3) is 0 Å². The highest BCUT2D eigenvalue weighted by atomic mass is 79.9. The van der Waals surface area contributed by atoms with Crippen molar-refractivity contribution in [3.8, 4) is 0 Å². The molecular weight excluding hydrogens is 303 g/mol. The first-order chi connectivity index (χ1) is 8.56. The molecule has 1 heterocycles. The Balaban J connectivity index is 2.10. The van der Waals surface area contributed by atoms with Gasteiger partial charge in [-0.25, -0.2) is 9.18 Å². The fraction of sp³-hybridized carbons (Fsp3) is 0.417. The molecule has 0 saturated carbocycles. The quantitative estimate of drug-likeness (QED) is 0.882. The van der Waals surface area contributed by atoms with Crippen molar-refractivity contribution in [2.45, 2.75) is 18.9 Å². The van der Waals surface area contributed by atoms with E-state index >= 15 is 0 Å². The molecule has 1 aromatic rings. The third kappa shape index (κ3) is 3.13. The molecule has 1 saturated heterocycles. The predicted octanol–water partition coefficient (Wildman–Crippen LogP) is 2.82. The third-order valence-corrected chi connectivity index (χ3v) is 3.49. The average molecular weight is 317 g/mol. The number of carbonyl (C=O) groups is 1. The molecule has 1 aliphatic rings. The lowest BCUT2D eigenvalue weighted by atomic mass is 10.0. The molecule has 0 bridgehead atoms. The van der Waals surface area contributed by atoms with Gasteiger partial charge in [0, 0.05) is 23.6 Å². The molecule has 0 radical (unpaired) electrons. The molecule has 1 amide bonds. The van der Waals surface area contributed by atoms with Crippen molar-refractivity contribution >= 4 is 27.7 Å². The number of nitrogens with zero attached hydrogens (tertiary/aromatic N) is 1. The van der Waals surface area contributed by atoms with E-state index in [0.717, 1.165) is 19.4 Å². The number of benzene rings is 1. The first-order valence-corrected chi connectivity index (χ1v) is 6.55. The Morgan fingerprint density at radius 3 is 3.00 bits per heavy atom. The van der Waals surface area contributed by atoms with E-state index in [4.69, 9.17) is 5.11 Å². The summed E-state index contributed by atoms with van der Waals surface area (Å²) in [4.78, 5) is 12.5. The molecule has 1 aliphatic heterocycles. The Hall–Kier alpha value is -1.30. The van der Waals surface area contributed by atoms with Crippen molar-refractivity contribution in [1.82, 2.24) is 5.32 Å². The van der Waals surface area contributed by atoms with Gasteiger partial charge < -0.3 is 15.3 Å². The highest BCUT2D eigenvalue weighted by Gasteiger charge is 2.23. The van der Waals surface area contributed by atoms with Gasteiger partial charge in [-0.05, 0) is 31.0 Å². The molecule has 0 unspecified atom stereocenters. The maximum absolute atomic E-state index is 13.8. The summed E-state index contributed by atoms with van der Waals surface area (Å²) in [5, 5.41) is 11.2. The number of nitrogens with one attached hydrogen (secondary N) is 1. The van der Waals surface area contributed by atoms with E-state index in [1.165, 1.54) is 6.07 Å². The second-order valence-electron chi connectivity index (χ2n) is 4.33. The van der Waals surface area contributed by atoms with Crippen LogP contribution >= 0.6 is 15.9 Å². The standard InChI is InChI=1S/C12H14BrFN2O2/c13-8-3-4-11(10(14)6-8)16-5-1-2-9(7-16)15-12(17)18/h3-4,6,9,15H,1-2,5,7H2,(H,17,18)/t9-/m0/s1. The van der Waals surface area contributed by atoms with Crippen molar-refractivity contribution in [3.63, 3.8) is 0 Å². The number of hydrogen-bond donors (Lipinski definition) is 2. The third-order valence-electron chi connectivity index (χ3n) is 3.00. The van der Waals surface area contributed by atoms with Gasteiger partial charge in [0.1, 0.15) is 5.82 Å². The molecular formula is C12H14BrFN2O2. The molecule has 1 fully saturated rings. The zero-order chi connectivity index (χ0) is 13.1. The van der Waals surface area contributed by atoms with Crippen molar-refractivity contribution in [2.24, 2.45) is 0 Å². The largest absolute Gasteiger partial charge is 0.465 e. The molecule has 0 aliphatic carbocycles. The normalized spacial score (nSPS) is 19.7. The van der Waals surface area contributed by atoms with Gasteiger partial charge >= 0.3 is 6.09 Å². The summed E-state index contributed by atoms with van der Waals surface area (Å²) < 4.78 is 14.5. The molecule has 6 heteroatoms. The van der Waals surface area contributed by atoms with Crippen LogP contribution in [0.5, 0.6) is 0 Å². The summed E-state index contributed by atoms with van der Waals surface area (Å²) in [5.41, 5.74) is 0.523. The lowest BCUT2D eigenvalue weighted by Crippen LogP contribution is -2.47. The zero-order valence-electron chi connectivity index (χ0n) is 9.70. The Morgan fingerprint density at radius 1 is 1.56 bits per heavy atom. The van der Waals surface area contributed by atoms with Gasteiger partial charge in [-0.3, -0.25) is 0 Å². The SMILES string of the molecule is O=C(O)N[C@H]1CCCN(c2ccc(Br)cc2F)C1. The van der Waals surface area contributed by atoms with Crippen LogP contribution in [-0.4, -0.2) is 30.3 Å². The van der Waals surface area contributed by atoms with Crippen LogP contribution in [0.3, 0.4) is 0 Å². The Kier molecular flexibility index (Phi) is 4.06. The summed E-state index contributed by atoms with van der Waals surface area (Å²) in [6.45, 7) is 1.25. The van der Waals surface area contributed by atoms with Gasteiger partial charge in [0.2, 0.25) is 0 Å². The molecule has 0 aromatic heterocycles. The number of piperidine rings is 1. The summed E-state index contributed by atoms with van der Waals surface area (Å²) >= 11 is 3.22. The summed E-state index contributed by atoms with van der Waals surface area (Å²) in [6, 6.07) is 4.78. The zero-order valence-corrected chi connectivity index (χ0v) is 11.3. The van der Waals surface area contributed by atoms with Crippen LogP contribution in [0, 0.1) is 5.82 Å². The molecule has 1 aromatic carbocycles. The molecule has 2 N–H and O–H groups in total. The Morgan fingerprint density at radius 2 is 2.33 bits per heavy atom. The lowest BCUT2D eigenvalue weighted by Gasteiger charge is -2.34. The van der Waals surface area contributed by atoms with Crippen molar-refractivity contribution in [3.05, 3.63) is 28.5 Å². The van der Waals surface area contributed by atoms with Gasteiger partial charge in [0.15, 0.2) is 0 Å². The van der Waals surface area contributed by atoms with Gasteiger partial charge in [0.05, 0.1) is 5.69 Å². The fourth-order valence-electron chi connectivity index (χ4n) is 2.23. The predicted molar refractivity (Wildman–Crippen MR) is 70.5 cm³/mol. The number of amides is 1. The first-order valence-electron chi connectivity index (χ1n) is 5.75. The number of rotatable bonds is 2. The minimum Gasteiger partial charge on any atom is -0.465 e. The Bertz CT molecular complexity index is 456. The van der Waals surface area contributed by atoms with E-state index in [1.54, 1.807) is 12.1 Å². The van der Waals surface area contributed by atoms with E-state index in [1.807, 2.05) is 4.90 Å². The van der Waals surface area contributed by atoms with E-state index < -0.39 is 6.09 Å². The average Bonchev–Trinajstić information content (AvgIpc) is 2.28. The smallest absolute Gasteiger partial charge is 0.404 e. The molecule has 2 rings (SSSR count). The topological polar surface area (TPSA) is 52.6 Å². The Labute approximate surface area is 113 Å². The molecule has 18 heavy (non-hydrogen) atoms. The lowest BCUT2D eigenvalue weighted by molar-refractivity contribution is 0.188. The minimum atomic E-state index is -1.03. The van der Waals surface area contributed by atoms with E-state index in [2.05, 4.69) is 21.2 Å². The van der Waals surface area contributed by atoms with Crippen LogP contribution in [0.15, 0.2) is 22.7 Å². The van der Waals surface area contributed by atoms with E-state index in [9.17, 15) is 9.18 Å². The van der Waals surface area contributed by atoms with Crippen LogP contribution in [-0.2, 0) is 0 Å². The van der Waals surface area contributed by atoms with Crippen LogP contribution in [0.2, 0.25) is 0 Å². The van der Waals surface area contributed by atoms with E-state index in [-0.39, 0.29) is 11.9 Å². The molecule has 98 valence electrons. The summed E-state index contributed by atoms with van der Waals surface area (Å²) in [6.07, 6.45) is 0.611.